The van der Waals surface area contributed by atoms with Crippen LogP contribution in [0.5, 0.6) is 0 Å². The number of rotatable bonds is 6. The molecule has 0 fully saturated rings. The molecule has 0 radical (unpaired) electrons. The van der Waals surface area contributed by atoms with Gasteiger partial charge in [-0.1, -0.05) is 41.9 Å². The molecule has 0 aliphatic rings. The molecule has 6 heteroatoms. The largest absolute Gasteiger partial charge is 0.352 e. The van der Waals surface area contributed by atoms with Crippen molar-refractivity contribution in [2.24, 2.45) is 0 Å². The molecule has 2 aromatic carbocycles. The molecule has 0 saturated carbocycles. The molecule has 0 bridgehead atoms. The summed E-state index contributed by atoms with van der Waals surface area (Å²) in [6.45, 7) is 3.65. The summed E-state index contributed by atoms with van der Waals surface area (Å²) in [5, 5.41) is 3.11. The van der Waals surface area contributed by atoms with Gasteiger partial charge in [-0.05, 0) is 36.8 Å². The number of nitrogens with zero attached hydrogens (tertiary/aromatic N) is 3. The third-order valence-corrected chi connectivity index (χ3v) is 4.03. The Labute approximate surface area is 151 Å². The van der Waals surface area contributed by atoms with Crippen LogP contribution >= 0.6 is 11.6 Å². The lowest BCUT2D eigenvalue weighted by Crippen LogP contribution is -2.23. The molecule has 0 spiro atoms. The number of hydrogen-bond acceptors (Lipinski definition) is 4. The van der Waals surface area contributed by atoms with Crippen LogP contribution in [0.4, 0.5) is 21.8 Å². The summed E-state index contributed by atoms with van der Waals surface area (Å²) >= 11 is 5.81. The molecule has 3 rings (SSSR count). The van der Waals surface area contributed by atoms with E-state index in [1.807, 2.05) is 24.3 Å². The minimum Gasteiger partial charge on any atom is -0.352 e. The summed E-state index contributed by atoms with van der Waals surface area (Å²) < 4.78 is 13.3. The van der Waals surface area contributed by atoms with Gasteiger partial charge in [0.05, 0.1) is 5.02 Å². The van der Waals surface area contributed by atoms with Gasteiger partial charge in [0.2, 0.25) is 5.95 Å². The van der Waals surface area contributed by atoms with Gasteiger partial charge in [0, 0.05) is 25.0 Å². The summed E-state index contributed by atoms with van der Waals surface area (Å²) in [6, 6.07) is 16.5. The van der Waals surface area contributed by atoms with E-state index >= 15 is 0 Å². The molecular weight excluding hydrogens is 339 g/mol. The van der Waals surface area contributed by atoms with Crippen molar-refractivity contribution in [2.45, 2.75) is 13.5 Å². The van der Waals surface area contributed by atoms with E-state index < -0.39 is 5.82 Å². The molecule has 0 atom stereocenters. The zero-order valence-electron chi connectivity index (χ0n) is 13.8. The van der Waals surface area contributed by atoms with Gasteiger partial charge >= 0.3 is 0 Å². The minimum atomic E-state index is -0.457. The van der Waals surface area contributed by atoms with Gasteiger partial charge in [0.15, 0.2) is 0 Å². The van der Waals surface area contributed by atoms with E-state index in [1.54, 1.807) is 12.3 Å². The van der Waals surface area contributed by atoms with Crippen LogP contribution in [-0.4, -0.2) is 16.5 Å². The lowest BCUT2D eigenvalue weighted by atomic mass is 10.2. The molecule has 0 amide bonds. The molecule has 3 aromatic rings. The Morgan fingerprint density at radius 3 is 2.64 bits per heavy atom. The molecule has 0 saturated heterocycles. The number of anilines is 3. The molecule has 0 unspecified atom stereocenters. The van der Waals surface area contributed by atoms with Gasteiger partial charge in [-0.15, -0.1) is 0 Å². The maximum atomic E-state index is 13.3. The molecule has 1 heterocycles. The Morgan fingerprint density at radius 1 is 1.12 bits per heavy atom. The molecule has 0 aliphatic heterocycles. The summed E-state index contributed by atoms with van der Waals surface area (Å²) in [7, 11) is 0. The molecule has 0 aliphatic carbocycles. The van der Waals surface area contributed by atoms with Crippen LogP contribution in [0, 0.1) is 5.82 Å². The first-order chi connectivity index (χ1) is 12.2. The normalized spacial score (nSPS) is 10.5. The number of nitrogens with one attached hydrogen (secondary N) is 1. The molecule has 4 nitrogen and oxygen atoms in total. The Kier molecular flexibility index (Phi) is 5.46. The van der Waals surface area contributed by atoms with Crippen LogP contribution < -0.4 is 10.2 Å². The molecule has 128 valence electrons. The lowest BCUT2D eigenvalue weighted by molar-refractivity contribution is 0.628. The summed E-state index contributed by atoms with van der Waals surface area (Å²) in [5.41, 5.74) is 1.84. The number of halogens is 2. The number of aromatic nitrogens is 2. The first-order valence-electron chi connectivity index (χ1n) is 7.99. The van der Waals surface area contributed by atoms with Gasteiger partial charge < -0.3 is 10.2 Å². The van der Waals surface area contributed by atoms with Gasteiger partial charge in [-0.25, -0.2) is 9.37 Å². The summed E-state index contributed by atoms with van der Waals surface area (Å²) in [6.07, 6.45) is 1.70. The van der Waals surface area contributed by atoms with Gasteiger partial charge in [-0.3, -0.25) is 0 Å². The Morgan fingerprint density at radius 2 is 1.92 bits per heavy atom. The number of benzene rings is 2. The Hall–Kier alpha value is -2.66. The predicted octanol–water partition coefficient (Wildman–Crippen LogP) is 5.04. The van der Waals surface area contributed by atoms with Crippen molar-refractivity contribution in [3.63, 3.8) is 0 Å². The fourth-order valence-corrected chi connectivity index (χ4v) is 2.63. The molecule has 1 N–H and O–H groups in total. The second-order valence-corrected chi connectivity index (χ2v) is 5.90. The van der Waals surface area contributed by atoms with Crippen LogP contribution in [-0.2, 0) is 6.54 Å². The van der Waals surface area contributed by atoms with Gasteiger partial charge in [-0.2, -0.15) is 4.98 Å². The van der Waals surface area contributed by atoms with Crippen LogP contribution in [0.25, 0.3) is 0 Å². The molecule has 25 heavy (non-hydrogen) atoms. The van der Waals surface area contributed by atoms with E-state index in [0.29, 0.717) is 11.6 Å². The van der Waals surface area contributed by atoms with Crippen molar-refractivity contribution in [1.29, 1.82) is 0 Å². The van der Waals surface area contributed by atoms with Crippen LogP contribution in [0.1, 0.15) is 12.5 Å². The highest BCUT2D eigenvalue weighted by molar-refractivity contribution is 6.31. The third kappa shape index (κ3) is 4.45. The maximum Gasteiger partial charge on any atom is 0.229 e. The topological polar surface area (TPSA) is 41.1 Å². The highest BCUT2D eigenvalue weighted by atomic mass is 35.5. The van der Waals surface area contributed by atoms with Crippen molar-refractivity contribution >= 4 is 29.1 Å². The minimum absolute atomic E-state index is 0.0559. The average Bonchev–Trinajstić information content (AvgIpc) is 2.64. The average molecular weight is 357 g/mol. The Bertz CT molecular complexity index is 842. The van der Waals surface area contributed by atoms with Crippen LogP contribution in [0.15, 0.2) is 60.8 Å². The first-order valence-corrected chi connectivity index (χ1v) is 8.37. The van der Waals surface area contributed by atoms with Gasteiger partial charge in [0.25, 0.3) is 0 Å². The monoisotopic (exact) mass is 356 g/mol. The van der Waals surface area contributed by atoms with E-state index in [9.17, 15) is 4.39 Å². The highest BCUT2D eigenvalue weighted by Crippen LogP contribution is 2.22. The highest BCUT2D eigenvalue weighted by Gasteiger charge is 2.09. The van der Waals surface area contributed by atoms with Crippen molar-refractivity contribution in [1.82, 2.24) is 9.97 Å². The van der Waals surface area contributed by atoms with Crippen LogP contribution in [0.3, 0.4) is 0 Å². The number of hydrogen-bond donors (Lipinski definition) is 1. The van der Waals surface area contributed by atoms with E-state index in [-0.39, 0.29) is 5.02 Å². The third-order valence-electron chi connectivity index (χ3n) is 3.74. The summed E-state index contributed by atoms with van der Waals surface area (Å²) in [4.78, 5) is 10.9. The maximum absolute atomic E-state index is 13.3. The molecule has 1 aromatic heterocycles. The predicted molar refractivity (Wildman–Crippen MR) is 99.9 cm³/mol. The van der Waals surface area contributed by atoms with E-state index in [2.05, 4.69) is 39.2 Å². The summed E-state index contributed by atoms with van der Waals surface area (Å²) in [5.74, 6) is 0.797. The fraction of sp³-hybridized carbons (Fsp3) is 0.158. The quantitative estimate of drug-likeness (QED) is 0.671. The Balaban J connectivity index is 1.78. The van der Waals surface area contributed by atoms with Crippen molar-refractivity contribution in [3.05, 3.63) is 77.2 Å². The van der Waals surface area contributed by atoms with Crippen LogP contribution in [0.2, 0.25) is 5.02 Å². The first kappa shape index (κ1) is 17.2. The zero-order valence-corrected chi connectivity index (χ0v) is 14.5. The second kappa shape index (κ2) is 7.94. The van der Waals surface area contributed by atoms with Crippen molar-refractivity contribution in [3.8, 4) is 0 Å². The zero-order chi connectivity index (χ0) is 17.6. The standard InChI is InChI=1S/C19H18ClFN4/c1-2-25(13-14-6-4-3-5-7-14)18-10-11-22-19(24-18)23-15-8-9-17(21)16(20)12-15/h3-12H,2,13H2,1H3,(H,22,23,24). The van der Waals surface area contributed by atoms with E-state index in [1.165, 1.54) is 17.7 Å². The smallest absolute Gasteiger partial charge is 0.229 e. The second-order valence-electron chi connectivity index (χ2n) is 5.49. The fourth-order valence-electron chi connectivity index (χ4n) is 2.45. The van der Waals surface area contributed by atoms with Gasteiger partial charge in [0.1, 0.15) is 11.6 Å². The SMILES string of the molecule is CCN(Cc1ccccc1)c1ccnc(Nc2ccc(F)c(Cl)c2)n1. The lowest BCUT2D eigenvalue weighted by Gasteiger charge is -2.22. The van der Waals surface area contributed by atoms with Crippen molar-refractivity contribution < 1.29 is 4.39 Å². The van der Waals surface area contributed by atoms with E-state index in [0.717, 1.165) is 18.9 Å². The van der Waals surface area contributed by atoms with Crippen molar-refractivity contribution in [2.75, 3.05) is 16.8 Å². The molecular formula is C19H18ClFN4. The van der Waals surface area contributed by atoms with E-state index in [4.69, 9.17) is 11.6 Å².